The maximum atomic E-state index is 13.8. The van der Waals surface area contributed by atoms with Crippen molar-refractivity contribution in [2.24, 2.45) is 0 Å². The number of hydrogen-bond acceptors (Lipinski definition) is 4. The third kappa shape index (κ3) is 4.31. The van der Waals surface area contributed by atoms with Gasteiger partial charge in [0, 0.05) is 13.7 Å². The molecule has 22 heavy (non-hydrogen) atoms. The largest absolute Gasteiger partial charge is 0.383 e. The van der Waals surface area contributed by atoms with Gasteiger partial charge < -0.3 is 10.1 Å². The summed E-state index contributed by atoms with van der Waals surface area (Å²) >= 11 is 5.62. The van der Waals surface area contributed by atoms with E-state index in [9.17, 15) is 12.8 Å². The van der Waals surface area contributed by atoms with Crippen molar-refractivity contribution in [3.63, 3.8) is 0 Å². The van der Waals surface area contributed by atoms with E-state index in [0.29, 0.717) is 6.61 Å². The zero-order valence-electron chi connectivity index (χ0n) is 12.1. The molecule has 1 atom stereocenters. The van der Waals surface area contributed by atoms with Crippen molar-refractivity contribution >= 4 is 34.0 Å². The molecule has 2 N–H and O–H groups in total. The maximum Gasteiger partial charge on any atom is 0.243 e. The lowest BCUT2D eigenvalue weighted by molar-refractivity contribution is 0.122. The van der Waals surface area contributed by atoms with Crippen LogP contribution in [0.15, 0.2) is 23.1 Å². The molecule has 1 aliphatic rings. The minimum atomic E-state index is -3.96. The summed E-state index contributed by atoms with van der Waals surface area (Å²) in [5.74, 6) is -0.938. The lowest BCUT2D eigenvalue weighted by Crippen LogP contribution is -2.52. The monoisotopic (exact) mass is 372 g/mol. The van der Waals surface area contributed by atoms with E-state index in [4.69, 9.17) is 16.3 Å². The van der Waals surface area contributed by atoms with Crippen LogP contribution in [0.25, 0.3) is 0 Å². The van der Waals surface area contributed by atoms with Gasteiger partial charge in [-0.05, 0) is 31.5 Å². The highest BCUT2D eigenvalue weighted by atomic mass is 35.5. The predicted molar refractivity (Wildman–Crippen MR) is 85.7 cm³/mol. The Morgan fingerprint density at radius 1 is 1.50 bits per heavy atom. The summed E-state index contributed by atoms with van der Waals surface area (Å²) in [5, 5.41) is 3.03. The van der Waals surface area contributed by atoms with Gasteiger partial charge in [-0.15, -0.1) is 12.4 Å². The summed E-state index contributed by atoms with van der Waals surface area (Å²) in [6.07, 6.45) is 1.73. The third-order valence-corrected chi connectivity index (χ3v) is 5.27. The molecule has 0 radical (unpaired) electrons. The van der Waals surface area contributed by atoms with Crippen LogP contribution in [0.2, 0.25) is 5.02 Å². The van der Waals surface area contributed by atoms with E-state index in [0.717, 1.165) is 19.4 Å². The van der Waals surface area contributed by atoms with Crippen molar-refractivity contribution in [3.05, 3.63) is 29.0 Å². The number of rotatable bonds is 6. The standard InChI is InChI=1S/C13H18ClFN2O3S.ClH/c1-20-9-13(6-3-7-16-13)8-17-21(18,19)11-5-2-4-10(14)12(11)15;/h2,4-5,16-17H,3,6-9H2,1H3;1H. The third-order valence-electron chi connectivity index (χ3n) is 3.56. The Hall–Kier alpha value is -0.440. The van der Waals surface area contributed by atoms with E-state index >= 15 is 0 Å². The second kappa shape index (κ2) is 7.90. The highest BCUT2D eigenvalue weighted by molar-refractivity contribution is 7.89. The zero-order valence-corrected chi connectivity index (χ0v) is 14.5. The highest BCUT2D eigenvalue weighted by Gasteiger charge is 2.35. The molecule has 0 saturated carbocycles. The van der Waals surface area contributed by atoms with Gasteiger partial charge in [-0.25, -0.2) is 17.5 Å². The average molecular weight is 373 g/mol. The zero-order chi connectivity index (χ0) is 15.5. The van der Waals surface area contributed by atoms with Crippen LogP contribution in [-0.2, 0) is 14.8 Å². The fourth-order valence-electron chi connectivity index (χ4n) is 2.47. The molecule has 5 nitrogen and oxygen atoms in total. The Labute approximate surface area is 141 Å². The van der Waals surface area contributed by atoms with Crippen molar-refractivity contribution in [1.82, 2.24) is 10.0 Å². The number of hydrogen-bond donors (Lipinski definition) is 2. The summed E-state index contributed by atoms with van der Waals surface area (Å²) in [5.41, 5.74) is -0.448. The Bertz CT molecular complexity index is 607. The molecule has 0 bridgehead atoms. The summed E-state index contributed by atoms with van der Waals surface area (Å²) < 4.78 is 45.9. The molecular weight excluding hydrogens is 354 g/mol. The van der Waals surface area contributed by atoms with Gasteiger partial charge in [0.1, 0.15) is 4.90 Å². The predicted octanol–water partition coefficient (Wildman–Crippen LogP) is 1.95. The first-order valence-electron chi connectivity index (χ1n) is 6.58. The van der Waals surface area contributed by atoms with Gasteiger partial charge in [0.05, 0.1) is 17.2 Å². The van der Waals surface area contributed by atoms with Gasteiger partial charge in [-0.3, -0.25) is 0 Å². The van der Waals surface area contributed by atoms with Crippen LogP contribution in [0.4, 0.5) is 4.39 Å². The molecule has 0 spiro atoms. The Kier molecular flexibility index (Phi) is 7.04. The van der Waals surface area contributed by atoms with E-state index in [-0.39, 0.29) is 24.0 Å². The smallest absolute Gasteiger partial charge is 0.243 e. The van der Waals surface area contributed by atoms with E-state index in [1.54, 1.807) is 7.11 Å². The number of methoxy groups -OCH3 is 1. The molecule has 126 valence electrons. The molecule has 1 aromatic carbocycles. The molecule has 9 heteroatoms. The van der Waals surface area contributed by atoms with Gasteiger partial charge in [0.2, 0.25) is 10.0 Å². The topological polar surface area (TPSA) is 67.4 Å². The molecule has 0 aliphatic carbocycles. The summed E-state index contributed by atoms with van der Waals surface area (Å²) in [4.78, 5) is -0.444. The van der Waals surface area contributed by atoms with Crippen LogP contribution in [-0.4, -0.2) is 40.8 Å². The van der Waals surface area contributed by atoms with Crippen LogP contribution >= 0.6 is 24.0 Å². The second-order valence-corrected chi connectivity index (χ2v) is 7.26. The number of nitrogens with one attached hydrogen (secondary N) is 2. The van der Waals surface area contributed by atoms with Gasteiger partial charge in [-0.2, -0.15) is 0 Å². The molecule has 2 rings (SSSR count). The van der Waals surface area contributed by atoms with E-state index in [1.165, 1.54) is 18.2 Å². The molecule has 1 aliphatic heterocycles. The van der Waals surface area contributed by atoms with Crippen molar-refractivity contribution < 1.29 is 17.5 Å². The van der Waals surface area contributed by atoms with Crippen molar-refractivity contribution in [2.45, 2.75) is 23.3 Å². The quantitative estimate of drug-likeness (QED) is 0.800. The van der Waals surface area contributed by atoms with E-state index in [2.05, 4.69) is 10.0 Å². The molecular formula is C13H19Cl2FN2O3S. The average Bonchev–Trinajstić information content (AvgIpc) is 2.89. The normalized spacial score (nSPS) is 21.6. The first-order chi connectivity index (χ1) is 9.90. The van der Waals surface area contributed by atoms with Crippen LogP contribution < -0.4 is 10.0 Å². The lowest BCUT2D eigenvalue weighted by Gasteiger charge is -2.28. The summed E-state index contributed by atoms with van der Waals surface area (Å²) in [7, 11) is -2.40. The molecule has 1 unspecified atom stereocenters. The molecule has 1 fully saturated rings. The van der Waals surface area contributed by atoms with Crippen molar-refractivity contribution in [3.8, 4) is 0 Å². The summed E-state index contributed by atoms with van der Waals surface area (Å²) in [6, 6.07) is 3.90. The van der Waals surface area contributed by atoms with E-state index < -0.39 is 26.3 Å². The van der Waals surface area contributed by atoms with Crippen molar-refractivity contribution in [1.29, 1.82) is 0 Å². The fourth-order valence-corrected chi connectivity index (χ4v) is 3.93. The lowest BCUT2D eigenvalue weighted by atomic mass is 9.99. The highest BCUT2D eigenvalue weighted by Crippen LogP contribution is 2.23. The van der Waals surface area contributed by atoms with Crippen LogP contribution in [0, 0.1) is 5.82 Å². The number of sulfonamides is 1. The SMILES string of the molecule is COCC1(CNS(=O)(=O)c2cccc(Cl)c2F)CCCN1.Cl. The molecule has 0 aromatic heterocycles. The van der Waals surface area contributed by atoms with Gasteiger partial charge in [-0.1, -0.05) is 17.7 Å². The van der Waals surface area contributed by atoms with Gasteiger partial charge in [0.15, 0.2) is 5.82 Å². The van der Waals surface area contributed by atoms with Gasteiger partial charge in [0.25, 0.3) is 0 Å². The molecule has 1 saturated heterocycles. The number of benzene rings is 1. The van der Waals surface area contributed by atoms with Crippen LogP contribution in [0.5, 0.6) is 0 Å². The minimum Gasteiger partial charge on any atom is -0.383 e. The fraction of sp³-hybridized carbons (Fsp3) is 0.538. The summed E-state index contributed by atoms with van der Waals surface area (Å²) in [6.45, 7) is 1.32. The first-order valence-corrected chi connectivity index (χ1v) is 8.44. The number of halogens is 3. The maximum absolute atomic E-state index is 13.8. The Morgan fingerprint density at radius 3 is 2.82 bits per heavy atom. The molecule has 0 amide bonds. The van der Waals surface area contributed by atoms with Crippen LogP contribution in [0.1, 0.15) is 12.8 Å². The Morgan fingerprint density at radius 2 is 2.23 bits per heavy atom. The molecule has 1 aromatic rings. The first kappa shape index (κ1) is 19.6. The second-order valence-electron chi connectivity index (χ2n) is 5.12. The van der Waals surface area contributed by atoms with Crippen molar-refractivity contribution in [2.75, 3.05) is 26.8 Å². The Balaban J connectivity index is 0.00000242. The number of ether oxygens (including phenoxy) is 1. The van der Waals surface area contributed by atoms with Crippen LogP contribution in [0.3, 0.4) is 0 Å². The van der Waals surface area contributed by atoms with Gasteiger partial charge >= 0.3 is 0 Å². The molecule has 1 heterocycles. The minimum absolute atomic E-state index is 0. The van der Waals surface area contributed by atoms with E-state index in [1.807, 2.05) is 0 Å².